The van der Waals surface area contributed by atoms with Gasteiger partial charge in [-0.05, 0) is 60.0 Å². The zero-order chi connectivity index (χ0) is 16.4. The van der Waals surface area contributed by atoms with Gasteiger partial charge in [0.1, 0.15) is 0 Å². The molecule has 0 saturated heterocycles. The van der Waals surface area contributed by atoms with Crippen molar-refractivity contribution in [1.82, 2.24) is 15.0 Å². The van der Waals surface area contributed by atoms with Crippen molar-refractivity contribution < 1.29 is 0 Å². The van der Waals surface area contributed by atoms with Gasteiger partial charge in [-0.2, -0.15) is 0 Å². The van der Waals surface area contributed by atoms with Crippen molar-refractivity contribution in [3.05, 3.63) is 73.2 Å². The van der Waals surface area contributed by atoms with Crippen molar-refractivity contribution in [2.24, 2.45) is 5.14 Å². The molecule has 0 amide bonds. The predicted molar refractivity (Wildman–Crippen MR) is 98.2 cm³/mol. The number of fused-ring (bicyclic) bond motifs is 1. The summed E-state index contributed by atoms with van der Waals surface area (Å²) >= 11 is 1.23. The van der Waals surface area contributed by atoms with E-state index >= 15 is 0 Å². The van der Waals surface area contributed by atoms with Gasteiger partial charge in [0.15, 0.2) is 0 Å². The second-order valence-electron chi connectivity index (χ2n) is 5.30. The lowest BCUT2D eigenvalue weighted by Crippen LogP contribution is -1.91. The Morgan fingerprint density at radius 3 is 2.54 bits per heavy atom. The van der Waals surface area contributed by atoms with Gasteiger partial charge in [-0.3, -0.25) is 15.1 Å². The number of aromatic nitrogens is 3. The molecule has 4 aromatic rings. The second-order valence-corrected chi connectivity index (χ2v) is 6.01. The lowest BCUT2D eigenvalue weighted by Gasteiger charge is -2.08. The van der Waals surface area contributed by atoms with E-state index in [1.54, 1.807) is 12.4 Å². The number of nitrogens with zero attached hydrogens (tertiary/aromatic N) is 3. The first kappa shape index (κ1) is 14.8. The summed E-state index contributed by atoms with van der Waals surface area (Å²) in [6, 6.07) is 18.0. The van der Waals surface area contributed by atoms with Gasteiger partial charge in [0.25, 0.3) is 0 Å². The summed E-state index contributed by atoms with van der Waals surface area (Å²) in [5.41, 5.74) is 5.82. The van der Waals surface area contributed by atoms with Crippen LogP contribution in [0.25, 0.3) is 33.4 Å². The molecule has 1 aromatic carbocycles. The monoisotopic (exact) mass is 330 g/mol. The standard InChI is InChI=1S/C19H14N4S/c20-24-15-3-1-2-14(12-15)17-4-5-18-19(23-17)16(8-11-22-18)13-6-9-21-10-7-13/h1-12H,20H2. The Bertz CT molecular complexity index is 1000. The minimum absolute atomic E-state index is 0.873. The van der Waals surface area contributed by atoms with Gasteiger partial charge in [0.2, 0.25) is 0 Å². The molecule has 24 heavy (non-hydrogen) atoms. The predicted octanol–water partition coefficient (Wildman–Crippen LogP) is 4.32. The molecule has 0 unspecified atom stereocenters. The molecule has 0 atom stereocenters. The molecular weight excluding hydrogens is 316 g/mol. The van der Waals surface area contributed by atoms with Gasteiger partial charge >= 0.3 is 0 Å². The molecule has 0 fully saturated rings. The van der Waals surface area contributed by atoms with E-state index in [1.807, 2.05) is 60.8 Å². The highest BCUT2D eigenvalue weighted by atomic mass is 32.2. The molecule has 0 bridgehead atoms. The first-order valence-electron chi connectivity index (χ1n) is 7.48. The Morgan fingerprint density at radius 1 is 0.833 bits per heavy atom. The van der Waals surface area contributed by atoms with E-state index in [0.29, 0.717) is 0 Å². The van der Waals surface area contributed by atoms with Gasteiger partial charge < -0.3 is 0 Å². The third-order valence-corrected chi connectivity index (χ3v) is 4.37. The summed E-state index contributed by atoms with van der Waals surface area (Å²) in [4.78, 5) is 14.4. The smallest absolute Gasteiger partial charge is 0.0972 e. The van der Waals surface area contributed by atoms with Crippen molar-refractivity contribution in [1.29, 1.82) is 0 Å². The fourth-order valence-corrected chi connectivity index (χ4v) is 3.03. The van der Waals surface area contributed by atoms with Crippen LogP contribution in [0.15, 0.2) is 78.1 Å². The van der Waals surface area contributed by atoms with E-state index in [-0.39, 0.29) is 0 Å². The largest absolute Gasteiger partial charge is 0.274 e. The van der Waals surface area contributed by atoms with Crippen LogP contribution in [0.2, 0.25) is 0 Å². The van der Waals surface area contributed by atoms with Gasteiger partial charge in [-0.15, -0.1) is 0 Å². The Balaban J connectivity index is 1.91. The summed E-state index contributed by atoms with van der Waals surface area (Å²) in [6.07, 6.45) is 5.38. The van der Waals surface area contributed by atoms with Crippen LogP contribution in [0.5, 0.6) is 0 Å². The average molecular weight is 330 g/mol. The molecule has 0 aliphatic rings. The number of hydrogen-bond donors (Lipinski definition) is 1. The van der Waals surface area contributed by atoms with Crippen LogP contribution in [0, 0.1) is 0 Å². The number of nitrogens with two attached hydrogens (primary N) is 1. The molecule has 5 heteroatoms. The second kappa shape index (κ2) is 6.39. The van der Waals surface area contributed by atoms with Crippen LogP contribution >= 0.6 is 11.9 Å². The highest BCUT2D eigenvalue weighted by Crippen LogP contribution is 2.29. The third-order valence-electron chi connectivity index (χ3n) is 3.84. The molecule has 0 spiro atoms. The lowest BCUT2D eigenvalue weighted by molar-refractivity contribution is 1.31. The molecule has 116 valence electrons. The topological polar surface area (TPSA) is 64.7 Å². The Hall–Kier alpha value is -2.76. The first-order valence-corrected chi connectivity index (χ1v) is 8.36. The lowest BCUT2D eigenvalue weighted by atomic mass is 10.0. The van der Waals surface area contributed by atoms with E-state index in [2.05, 4.69) is 9.97 Å². The summed E-state index contributed by atoms with van der Waals surface area (Å²) < 4.78 is 0. The van der Waals surface area contributed by atoms with Gasteiger partial charge in [-0.1, -0.05) is 12.1 Å². The molecular formula is C19H14N4S. The van der Waals surface area contributed by atoms with E-state index < -0.39 is 0 Å². The molecule has 3 aromatic heterocycles. The third kappa shape index (κ3) is 2.75. The average Bonchev–Trinajstić information content (AvgIpc) is 2.68. The zero-order valence-electron chi connectivity index (χ0n) is 12.8. The number of rotatable bonds is 3. The van der Waals surface area contributed by atoms with Crippen molar-refractivity contribution in [2.75, 3.05) is 0 Å². The molecule has 0 aliphatic carbocycles. The van der Waals surface area contributed by atoms with Crippen LogP contribution in [0.4, 0.5) is 0 Å². The maximum atomic E-state index is 5.67. The fraction of sp³-hybridized carbons (Fsp3) is 0. The molecule has 0 aliphatic heterocycles. The maximum absolute atomic E-state index is 5.67. The van der Waals surface area contributed by atoms with Crippen LogP contribution in [-0.2, 0) is 0 Å². The summed E-state index contributed by atoms with van der Waals surface area (Å²) in [7, 11) is 0. The van der Waals surface area contributed by atoms with Crippen molar-refractivity contribution in [3.8, 4) is 22.4 Å². The van der Waals surface area contributed by atoms with Crippen molar-refractivity contribution in [3.63, 3.8) is 0 Å². The Labute approximate surface area is 143 Å². The molecule has 0 radical (unpaired) electrons. The van der Waals surface area contributed by atoms with Crippen LogP contribution in [0.3, 0.4) is 0 Å². The van der Waals surface area contributed by atoms with Crippen LogP contribution < -0.4 is 5.14 Å². The van der Waals surface area contributed by atoms with Gasteiger partial charge in [-0.25, -0.2) is 4.98 Å². The van der Waals surface area contributed by atoms with Crippen molar-refractivity contribution in [2.45, 2.75) is 4.90 Å². The fourth-order valence-electron chi connectivity index (χ4n) is 2.68. The highest BCUT2D eigenvalue weighted by molar-refractivity contribution is 7.97. The van der Waals surface area contributed by atoms with Gasteiger partial charge in [0, 0.05) is 34.6 Å². The van der Waals surface area contributed by atoms with E-state index in [0.717, 1.165) is 38.3 Å². The van der Waals surface area contributed by atoms with E-state index in [1.165, 1.54) is 11.9 Å². The molecule has 3 heterocycles. The first-order chi connectivity index (χ1) is 11.8. The summed E-state index contributed by atoms with van der Waals surface area (Å²) in [6.45, 7) is 0. The van der Waals surface area contributed by atoms with Gasteiger partial charge in [0.05, 0.1) is 16.7 Å². The number of benzene rings is 1. The maximum Gasteiger partial charge on any atom is 0.0972 e. The molecule has 2 N–H and O–H groups in total. The van der Waals surface area contributed by atoms with Crippen LogP contribution in [-0.4, -0.2) is 15.0 Å². The minimum atomic E-state index is 0.873. The quantitative estimate of drug-likeness (QED) is 0.567. The molecule has 4 rings (SSSR count). The van der Waals surface area contributed by atoms with E-state index in [4.69, 9.17) is 10.1 Å². The Kier molecular flexibility index (Phi) is 3.94. The van der Waals surface area contributed by atoms with Crippen molar-refractivity contribution >= 4 is 23.0 Å². The highest BCUT2D eigenvalue weighted by Gasteiger charge is 2.08. The normalized spacial score (nSPS) is 10.9. The Morgan fingerprint density at radius 2 is 1.71 bits per heavy atom. The van der Waals surface area contributed by atoms with Crippen LogP contribution in [0.1, 0.15) is 0 Å². The molecule has 4 nitrogen and oxygen atoms in total. The SMILES string of the molecule is NSc1cccc(-c2ccc3nccc(-c4ccncc4)c3n2)c1. The summed E-state index contributed by atoms with van der Waals surface area (Å²) in [5.74, 6) is 0. The number of pyridine rings is 3. The summed E-state index contributed by atoms with van der Waals surface area (Å²) in [5, 5.41) is 5.67. The zero-order valence-corrected chi connectivity index (χ0v) is 13.6. The molecule has 0 saturated carbocycles. The minimum Gasteiger partial charge on any atom is -0.274 e. The number of hydrogen-bond acceptors (Lipinski definition) is 5. The van der Waals surface area contributed by atoms with E-state index in [9.17, 15) is 0 Å².